The molecule has 1 aromatic rings. The highest BCUT2D eigenvalue weighted by Gasteiger charge is 2.22. The van der Waals surface area contributed by atoms with Crippen LogP contribution in [0, 0.1) is 5.92 Å². The minimum absolute atomic E-state index is 0.0592. The predicted octanol–water partition coefficient (Wildman–Crippen LogP) is 3.41. The van der Waals surface area contributed by atoms with E-state index in [1.54, 1.807) is 19.9 Å². The van der Waals surface area contributed by atoms with Crippen LogP contribution in [-0.4, -0.2) is 63.8 Å². The molecule has 1 rings (SSSR count). The van der Waals surface area contributed by atoms with Gasteiger partial charge in [0.05, 0.1) is 20.3 Å². The Bertz CT molecular complexity index is 842. The number of carbonyl (C=O) groups excluding carboxylic acids is 4. The number of esters is 2. The molecule has 0 aromatic heterocycles. The van der Waals surface area contributed by atoms with Crippen molar-refractivity contribution < 1.29 is 47.6 Å². The molecule has 11 heteroatoms. The summed E-state index contributed by atoms with van der Waals surface area (Å²) in [5.74, 6) is -0.739. The number of ether oxygens (including phenoxy) is 6. The van der Waals surface area contributed by atoms with Gasteiger partial charge in [0.15, 0.2) is 11.5 Å². The number of hydrogen-bond donors (Lipinski definition) is 1. The summed E-state index contributed by atoms with van der Waals surface area (Å²) in [4.78, 5) is 47.6. The minimum atomic E-state index is -0.986. The molecule has 0 spiro atoms. The topological polar surface area (TPSA) is 136 Å². The number of nitrogens with one attached hydrogen (secondary N) is 1. The first-order chi connectivity index (χ1) is 16.7. The van der Waals surface area contributed by atoms with Crippen LogP contribution in [-0.2, 0) is 35.0 Å². The lowest BCUT2D eigenvalue weighted by atomic mass is 10.1. The molecule has 0 aliphatic rings. The van der Waals surface area contributed by atoms with Gasteiger partial charge in [0.25, 0.3) is 0 Å². The fourth-order valence-electron chi connectivity index (χ4n) is 2.82. The largest absolute Gasteiger partial charge is 0.513 e. The van der Waals surface area contributed by atoms with Crippen molar-refractivity contribution >= 4 is 24.2 Å². The second-order valence-corrected chi connectivity index (χ2v) is 7.52. The first-order valence-corrected chi connectivity index (χ1v) is 11.5. The molecule has 0 amide bonds. The van der Waals surface area contributed by atoms with Crippen molar-refractivity contribution in [2.24, 2.45) is 5.92 Å². The molecule has 35 heavy (non-hydrogen) atoms. The summed E-state index contributed by atoms with van der Waals surface area (Å²) < 4.78 is 29.8. The van der Waals surface area contributed by atoms with Crippen LogP contribution in [0.5, 0.6) is 11.5 Å². The van der Waals surface area contributed by atoms with E-state index in [1.807, 2.05) is 13.8 Å². The molecule has 0 radical (unpaired) electrons. The van der Waals surface area contributed by atoms with Crippen molar-refractivity contribution in [3.8, 4) is 11.5 Å². The molecule has 0 fully saturated rings. The highest BCUT2D eigenvalue weighted by molar-refractivity contribution is 5.76. The lowest BCUT2D eigenvalue weighted by Crippen LogP contribution is -2.41. The Labute approximate surface area is 205 Å². The van der Waals surface area contributed by atoms with Gasteiger partial charge in [0.2, 0.25) is 0 Å². The molecule has 0 bridgehead atoms. The maximum absolute atomic E-state index is 12.3. The van der Waals surface area contributed by atoms with Crippen molar-refractivity contribution in [1.82, 2.24) is 5.32 Å². The lowest BCUT2D eigenvalue weighted by Gasteiger charge is -2.18. The summed E-state index contributed by atoms with van der Waals surface area (Å²) in [7, 11) is 1.26. The van der Waals surface area contributed by atoms with Crippen LogP contribution >= 0.6 is 0 Å². The molecule has 11 nitrogen and oxygen atoms in total. The molecule has 0 saturated heterocycles. The van der Waals surface area contributed by atoms with Gasteiger partial charge in [0.1, 0.15) is 12.6 Å². The van der Waals surface area contributed by atoms with E-state index in [0.29, 0.717) is 12.0 Å². The summed E-state index contributed by atoms with van der Waals surface area (Å²) in [6.45, 7) is 7.70. The molecule has 0 aliphatic carbocycles. The third-order valence-electron chi connectivity index (χ3n) is 4.81. The zero-order chi connectivity index (χ0) is 26.2. The molecule has 1 aromatic carbocycles. The SMILES string of the molecule is CCOC(=O)Oc1ccc(C[C@H](NCCOC(=O)CC(C)CC)C(=O)OC)cc1OC(=O)OCC. The summed E-state index contributed by atoms with van der Waals surface area (Å²) >= 11 is 0. The summed E-state index contributed by atoms with van der Waals surface area (Å²) in [6, 6.07) is 3.66. The zero-order valence-electron chi connectivity index (χ0n) is 20.9. The molecule has 2 atom stereocenters. The Kier molecular flexibility index (Phi) is 13.8. The third kappa shape index (κ3) is 11.6. The van der Waals surface area contributed by atoms with Gasteiger partial charge in [-0.2, -0.15) is 0 Å². The predicted molar refractivity (Wildman–Crippen MR) is 124 cm³/mol. The van der Waals surface area contributed by atoms with E-state index in [-0.39, 0.29) is 56.2 Å². The van der Waals surface area contributed by atoms with E-state index >= 15 is 0 Å². The van der Waals surface area contributed by atoms with Crippen molar-refractivity contribution in [2.75, 3.05) is 33.5 Å². The average Bonchev–Trinajstić information content (AvgIpc) is 2.82. The molecule has 0 saturated carbocycles. The lowest BCUT2D eigenvalue weighted by molar-refractivity contribution is -0.144. The third-order valence-corrected chi connectivity index (χ3v) is 4.81. The molecule has 1 unspecified atom stereocenters. The molecule has 196 valence electrons. The van der Waals surface area contributed by atoms with Crippen molar-refractivity contribution in [3.05, 3.63) is 23.8 Å². The van der Waals surface area contributed by atoms with Crippen LogP contribution in [0.15, 0.2) is 18.2 Å². The van der Waals surface area contributed by atoms with Crippen LogP contribution in [0.4, 0.5) is 9.59 Å². The standard InChI is InChI=1S/C24H35NO10/c1-6-16(4)13-21(26)33-12-11-25-18(22(27)30-5)14-17-9-10-19(34-23(28)31-7-2)20(15-17)35-24(29)32-8-3/h9-10,15-16,18,25H,6-8,11-14H2,1-5H3/t16?,18-/m0/s1. The van der Waals surface area contributed by atoms with E-state index < -0.39 is 24.3 Å². The van der Waals surface area contributed by atoms with Crippen LogP contribution in [0.3, 0.4) is 0 Å². The normalized spacial score (nSPS) is 12.1. The van der Waals surface area contributed by atoms with E-state index in [4.69, 9.17) is 28.4 Å². The molecule has 0 aliphatic heterocycles. The van der Waals surface area contributed by atoms with E-state index in [2.05, 4.69) is 5.32 Å². The number of hydrogen-bond acceptors (Lipinski definition) is 11. The average molecular weight is 498 g/mol. The van der Waals surface area contributed by atoms with Crippen molar-refractivity contribution in [2.45, 2.75) is 53.0 Å². The highest BCUT2D eigenvalue weighted by atomic mass is 16.7. The number of benzene rings is 1. The molecule has 1 N–H and O–H groups in total. The van der Waals surface area contributed by atoms with Crippen molar-refractivity contribution in [1.29, 1.82) is 0 Å². The van der Waals surface area contributed by atoms with Gasteiger partial charge in [-0.1, -0.05) is 26.3 Å². The molecule has 0 heterocycles. The van der Waals surface area contributed by atoms with E-state index in [0.717, 1.165) is 6.42 Å². The van der Waals surface area contributed by atoms with Gasteiger partial charge >= 0.3 is 24.2 Å². The van der Waals surface area contributed by atoms with E-state index in [1.165, 1.54) is 19.2 Å². The van der Waals surface area contributed by atoms with Gasteiger partial charge in [-0.25, -0.2) is 9.59 Å². The zero-order valence-corrected chi connectivity index (χ0v) is 20.9. The summed E-state index contributed by atoms with van der Waals surface area (Å²) in [5, 5.41) is 3.00. The summed E-state index contributed by atoms with van der Waals surface area (Å²) in [5.41, 5.74) is 0.567. The fourth-order valence-corrected chi connectivity index (χ4v) is 2.82. The summed E-state index contributed by atoms with van der Waals surface area (Å²) in [6.07, 6.45) is -0.595. The van der Waals surface area contributed by atoms with E-state index in [9.17, 15) is 19.2 Å². The number of rotatable bonds is 14. The van der Waals surface area contributed by atoms with Crippen LogP contribution in [0.1, 0.15) is 46.1 Å². The van der Waals surface area contributed by atoms with Crippen molar-refractivity contribution in [3.63, 3.8) is 0 Å². The number of carbonyl (C=O) groups is 4. The van der Waals surface area contributed by atoms with Gasteiger partial charge < -0.3 is 33.7 Å². The second kappa shape index (κ2) is 16.3. The minimum Gasteiger partial charge on any atom is -0.468 e. The first-order valence-electron chi connectivity index (χ1n) is 11.5. The smallest absolute Gasteiger partial charge is 0.468 e. The first kappa shape index (κ1) is 29.7. The number of methoxy groups -OCH3 is 1. The van der Waals surface area contributed by atoms with Crippen LogP contribution in [0.25, 0.3) is 0 Å². The Hall–Kier alpha value is -3.34. The molecular weight excluding hydrogens is 462 g/mol. The van der Waals surface area contributed by atoms with Gasteiger partial charge in [-0.05, 0) is 43.9 Å². The molecular formula is C24H35NO10. The Balaban J connectivity index is 2.89. The van der Waals surface area contributed by atoms with Crippen LogP contribution < -0.4 is 14.8 Å². The Morgan fingerprint density at radius 3 is 2.11 bits per heavy atom. The quantitative estimate of drug-likeness (QED) is 0.175. The monoisotopic (exact) mass is 497 g/mol. The Morgan fingerprint density at radius 1 is 0.914 bits per heavy atom. The van der Waals surface area contributed by atoms with Crippen LogP contribution in [0.2, 0.25) is 0 Å². The maximum Gasteiger partial charge on any atom is 0.513 e. The van der Waals surface area contributed by atoms with Gasteiger partial charge in [-0.15, -0.1) is 0 Å². The van der Waals surface area contributed by atoms with Gasteiger partial charge in [0, 0.05) is 13.0 Å². The highest BCUT2D eigenvalue weighted by Crippen LogP contribution is 2.30. The van der Waals surface area contributed by atoms with Gasteiger partial charge in [-0.3, -0.25) is 9.59 Å². The Morgan fingerprint density at radius 2 is 1.54 bits per heavy atom. The maximum atomic E-state index is 12.3. The fraction of sp³-hybridized carbons (Fsp3) is 0.583. The second-order valence-electron chi connectivity index (χ2n) is 7.52.